The highest BCUT2D eigenvalue weighted by Crippen LogP contribution is 2.46. The second-order valence-corrected chi connectivity index (χ2v) is 10.2. The van der Waals surface area contributed by atoms with E-state index in [-0.39, 0.29) is 24.2 Å². The predicted octanol–water partition coefficient (Wildman–Crippen LogP) is 4.13. The van der Waals surface area contributed by atoms with E-state index < -0.39 is 0 Å². The standard InChI is InChI=1S/C25H38N2O3/c1-6-29-16-24(28)27-10-9-26(14-23(27)17(2)3)20-11-19-13-25(4,5)30-15-22(19)21(12-20)18-7-8-18/h11-12,17-18,23H,6-10,13-16H2,1-5H3/t23-/m0/s1. The van der Waals surface area contributed by atoms with Crippen LogP contribution in [0, 0.1) is 5.92 Å². The van der Waals surface area contributed by atoms with Crippen LogP contribution in [-0.4, -0.2) is 55.3 Å². The third-order valence-electron chi connectivity index (χ3n) is 6.91. The number of nitrogens with zero attached hydrogens (tertiary/aromatic N) is 2. The molecule has 1 saturated heterocycles. The van der Waals surface area contributed by atoms with Crippen LogP contribution in [0.25, 0.3) is 0 Å². The van der Waals surface area contributed by atoms with Gasteiger partial charge in [-0.1, -0.05) is 13.8 Å². The first-order chi connectivity index (χ1) is 14.3. The number of rotatable bonds is 6. The minimum atomic E-state index is -0.0999. The zero-order valence-corrected chi connectivity index (χ0v) is 19.4. The molecular weight excluding hydrogens is 376 g/mol. The summed E-state index contributed by atoms with van der Waals surface area (Å²) in [5.41, 5.74) is 5.63. The maximum absolute atomic E-state index is 12.7. The fourth-order valence-electron chi connectivity index (χ4n) is 4.99. The van der Waals surface area contributed by atoms with Gasteiger partial charge in [0, 0.05) is 38.3 Å². The molecule has 5 heteroatoms. The van der Waals surface area contributed by atoms with Crippen molar-refractivity contribution >= 4 is 11.6 Å². The van der Waals surface area contributed by atoms with Crippen molar-refractivity contribution in [3.8, 4) is 0 Å². The first-order valence-corrected chi connectivity index (χ1v) is 11.7. The Bertz CT molecular complexity index is 785. The Labute approximate surface area is 181 Å². The van der Waals surface area contributed by atoms with E-state index in [1.165, 1.54) is 35.2 Å². The van der Waals surface area contributed by atoms with E-state index >= 15 is 0 Å². The zero-order chi connectivity index (χ0) is 21.5. The highest BCUT2D eigenvalue weighted by atomic mass is 16.5. The topological polar surface area (TPSA) is 42.0 Å². The average molecular weight is 415 g/mol. The van der Waals surface area contributed by atoms with Crippen LogP contribution in [-0.2, 0) is 27.3 Å². The van der Waals surface area contributed by atoms with Crippen molar-refractivity contribution in [2.75, 3.05) is 37.7 Å². The molecule has 0 aromatic heterocycles. The number of piperazine rings is 1. The van der Waals surface area contributed by atoms with Crippen molar-refractivity contribution in [2.24, 2.45) is 5.92 Å². The van der Waals surface area contributed by atoms with Gasteiger partial charge >= 0.3 is 0 Å². The molecule has 166 valence electrons. The van der Waals surface area contributed by atoms with Crippen LogP contribution in [0.5, 0.6) is 0 Å². The molecule has 2 aliphatic heterocycles. The van der Waals surface area contributed by atoms with E-state index in [2.05, 4.69) is 44.7 Å². The normalized spacial score (nSPS) is 23.6. The van der Waals surface area contributed by atoms with Crippen LogP contribution in [0.4, 0.5) is 5.69 Å². The Kier molecular flexibility index (Phi) is 6.13. The molecule has 1 aromatic carbocycles. The van der Waals surface area contributed by atoms with Gasteiger partial charge in [0.15, 0.2) is 0 Å². The number of benzene rings is 1. The molecule has 0 N–H and O–H groups in total. The average Bonchev–Trinajstić information content (AvgIpc) is 3.55. The van der Waals surface area contributed by atoms with Gasteiger partial charge in [-0.25, -0.2) is 0 Å². The molecule has 30 heavy (non-hydrogen) atoms. The predicted molar refractivity (Wildman–Crippen MR) is 120 cm³/mol. The first-order valence-electron chi connectivity index (χ1n) is 11.7. The lowest BCUT2D eigenvalue weighted by Gasteiger charge is -2.45. The lowest BCUT2D eigenvalue weighted by atomic mass is 9.87. The fraction of sp³-hybridized carbons (Fsp3) is 0.720. The highest BCUT2D eigenvalue weighted by molar-refractivity contribution is 5.78. The Morgan fingerprint density at radius 1 is 1.27 bits per heavy atom. The van der Waals surface area contributed by atoms with Crippen molar-refractivity contribution in [2.45, 2.75) is 78.0 Å². The monoisotopic (exact) mass is 414 g/mol. The van der Waals surface area contributed by atoms with Crippen LogP contribution in [0.3, 0.4) is 0 Å². The maximum atomic E-state index is 12.7. The molecule has 0 spiro atoms. The van der Waals surface area contributed by atoms with Crippen molar-refractivity contribution in [1.29, 1.82) is 0 Å². The summed E-state index contributed by atoms with van der Waals surface area (Å²) < 4.78 is 11.5. The summed E-state index contributed by atoms with van der Waals surface area (Å²) in [4.78, 5) is 17.3. The third-order valence-corrected chi connectivity index (χ3v) is 6.91. The zero-order valence-electron chi connectivity index (χ0n) is 19.4. The van der Waals surface area contributed by atoms with Crippen LogP contribution in [0.15, 0.2) is 12.1 Å². The van der Waals surface area contributed by atoms with Gasteiger partial charge in [0.05, 0.1) is 18.2 Å². The van der Waals surface area contributed by atoms with E-state index in [1.54, 1.807) is 0 Å². The summed E-state index contributed by atoms with van der Waals surface area (Å²) in [6.45, 7) is 14.8. The minimum absolute atomic E-state index is 0.0999. The van der Waals surface area contributed by atoms with Gasteiger partial charge in [-0.15, -0.1) is 0 Å². The Morgan fingerprint density at radius 3 is 2.70 bits per heavy atom. The molecular formula is C25H38N2O3. The molecule has 3 aliphatic rings. The maximum Gasteiger partial charge on any atom is 0.248 e. The molecule has 1 saturated carbocycles. The van der Waals surface area contributed by atoms with E-state index in [4.69, 9.17) is 9.47 Å². The molecule has 0 radical (unpaired) electrons. The summed E-state index contributed by atoms with van der Waals surface area (Å²) in [5, 5.41) is 0. The van der Waals surface area contributed by atoms with Gasteiger partial charge in [-0.3, -0.25) is 4.79 Å². The largest absolute Gasteiger partial charge is 0.372 e. The van der Waals surface area contributed by atoms with Crippen LogP contribution < -0.4 is 4.90 Å². The van der Waals surface area contributed by atoms with Crippen molar-refractivity contribution < 1.29 is 14.3 Å². The van der Waals surface area contributed by atoms with Gasteiger partial charge in [-0.05, 0) is 74.3 Å². The third kappa shape index (κ3) is 4.52. The number of hydrogen-bond acceptors (Lipinski definition) is 4. The molecule has 1 aliphatic carbocycles. The second kappa shape index (κ2) is 8.51. The van der Waals surface area contributed by atoms with Gasteiger partial charge in [0.2, 0.25) is 5.91 Å². The molecule has 2 fully saturated rings. The fourth-order valence-corrected chi connectivity index (χ4v) is 4.99. The summed E-state index contributed by atoms with van der Waals surface area (Å²) in [6, 6.07) is 5.04. The SMILES string of the molecule is CCOCC(=O)N1CCN(c2cc3c(c(C4CC4)c2)COC(C)(C)C3)C[C@H]1C(C)C. The minimum Gasteiger partial charge on any atom is -0.372 e. The molecule has 4 rings (SSSR count). The Morgan fingerprint density at radius 2 is 2.03 bits per heavy atom. The van der Waals surface area contributed by atoms with Crippen LogP contribution in [0.1, 0.15) is 70.1 Å². The molecule has 2 heterocycles. The molecule has 1 amide bonds. The van der Waals surface area contributed by atoms with Crippen LogP contribution >= 0.6 is 0 Å². The molecule has 1 aromatic rings. The number of carbonyl (C=O) groups is 1. The molecule has 0 unspecified atom stereocenters. The number of anilines is 1. The van der Waals surface area contributed by atoms with E-state index in [0.717, 1.165) is 32.7 Å². The van der Waals surface area contributed by atoms with Gasteiger partial charge in [0.1, 0.15) is 6.61 Å². The summed E-state index contributed by atoms with van der Waals surface area (Å²) in [7, 11) is 0. The van der Waals surface area contributed by atoms with Gasteiger partial charge in [-0.2, -0.15) is 0 Å². The van der Waals surface area contributed by atoms with Crippen molar-refractivity contribution in [3.63, 3.8) is 0 Å². The lowest BCUT2D eigenvalue weighted by molar-refractivity contribution is -0.139. The smallest absolute Gasteiger partial charge is 0.248 e. The Balaban J connectivity index is 1.58. The first kappa shape index (κ1) is 21.6. The number of fused-ring (bicyclic) bond motifs is 1. The molecule has 5 nitrogen and oxygen atoms in total. The van der Waals surface area contributed by atoms with Crippen molar-refractivity contribution in [1.82, 2.24) is 4.90 Å². The van der Waals surface area contributed by atoms with Crippen molar-refractivity contribution in [3.05, 3.63) is 28.8 Å². The number of hydrogen-bond donors (Lipinski definition) is 0. The summed E-state index contributed by atoms with van der Waals surface area (Å²) >= 11 is 0. The van der Waals surface area contributed by atoms with Crippen LogP contribution in [0.2, 0.25) is 0 Å². The lowest BCUT2D eigenvalue weighted by Crippen LogP contribution is -2.58. The van der Waals surface area contributed by atoms with E-state index in [1.807, 2.05) is 11.8 Å². The van der Waals surface area contributed by atoms with Gasteiger partial charge < -0.3 is 19.3 Å². The number of carbonyl (C=O) groups excluding carboxylic acids is 1. The summed E-state index contributed by atoms with van der Waals surface area (Å²) in [6.07, 6.45) is 3.57. The molecule has 0 bridgehead atoms. The summed E-state index contributed by atoms with van der Waals surface area (Å²) in [5.74, 6) is 1.24. The second-order valence-electron chi connectivity index (χ2n) is 10.2. The van der Waals surface area contributed by atoms with Gasteiger partial charge in [0.25, 0.3) is 0 Å². The Hall–Kier alpha value is -1.59. The molecule has 1 atom stereocenters. The van der Waals surface area contributed by atoms with E-state index in [0.29, 0.717) is 18.4 Å². The quantitative estimate of drug-likeness (QED) is 0.702. The van der Waals surface area contributed by atoms with E-state index in [9.17, 15) is 4.79 Å². The number of ether oxygens (including phenoxy) is 2. The highest BCUT2D eigenvalue weighted by Gasteiger charge is 2.36. The number of amides is 1.